The van der Waals surface area contributed by atoms with Crippen LogP contribution in [0.2, 0.25) is 0 Å². The number of hydrogen-bond donors (Lipinski definition) is 1. The summed E-state index contributed by atoms with van der Waals surface area (Å²) in [5.74, 6) is 1.45. The number of nitrogens with zero attached hydrogens (tertiary/aromatic N) is 3. The quantitative estimate of drug-likeness (QED) is 0.697. The molecule has 1 aromatic heterocycles. The van der Waals surface area contributed by atoms with Crippen molar-refractivity contribution in [2.75, 3.05) is 24.7 Å². The summed E-state index contributed by atoms with van der Waals surface area (Å²) >= 11 is 3.57. The third kappa shape index (κ3) is 3.90. The SMILES string of the molecule is O=c1c2c(cnn1C1CCCCO1)N(CCc1cc3c(cc1Br)OC=CO3)C(O)CO2. The van der Waals surface area contributed by atoms with Crippen LogP contribution in [-0.4, -0.2) is 40.9 Å². The first-order valence-electron chi connectivity index (χ1n) is 10.2. The van der Waals surface area contributed by atoms with Crippen molar-refractivity contribution < 1.29 is 24.1 Å². The van der Waals surface area contributed by atoms with E-state index in [2.05, 4.69) is 21.0 Å². The lowest BCUT2D eigenvalue weighted by Crippen LogP contribution is -2.46. The molecule has 164 valence electrons. The molecule has 5 rings (SSSR count). The molecule has 0 aliphatic carbocycles. The minimum absolute atomic E-state index is 0.00484. The molecule has 10 heteroatoms. The lowest BCUT2D eigenvalue weighted by Gasteiger charge is -2.35. The Morgan fingerprint density at radius 3 is 2.77 bits per heavy atom. The van der Waals surface area contributed by atoms with E-state index in [0.29, 0.717) is 36.8 Å². The summed E-state index contributed by atoms with van der Waals surface area (Å²) in [6.07, 6.45) is 6.58. The smallest absolute Gasteiger partial charge is 0.313 e. The summed E-state index contributed by atoms with van der Waals surface area (Å²) in [5.41, 5.74) is 1.12. The Hall–Kier alpha value is -2.56. The Morgan fingerprint density at radius 2 is 2.00 bits per heavy atom. The van der Waals surface area contributed by atoms with E-state index in [1.165, 1.54) is 17.2 Å². The van der Waals surface area contributed by atoms with Gasteiger partial charge in [-0.05, 0) is 43.4 Å². The van der Waals surface area contributed by atoms with E-state index in [1.807, 2.05) is 12.1 Å². The summed E-state index contributed by atoms with van der Waals surface area (Å²) in [6, 6.07) is 3.75. The van der Waals surface area contributed by atoms with Crippen molar-refractivity contribution in [3.8, 4) is 17.2 Å². The van der Waals surface area contributed by atoms with Crippen molar-refractivity contribution >= 4 is 21.6 Å². The molecule has 9 nitrogen and oxygen atoms in total. The largest absolute Gasteiger partial charge is 0.481 e. The van der Waals surface area contributed by atoms with Gasteiger partial charge in [0.15, 0.2) is 24.0 Å². The molecule has 0 amide bonds. The van der Waals surface area contributed by atoms with Gasteiger partial charge < -0.3 is 29.0 Å². The van der Waals surface area contributed by atoms with Gasteiger partial charge >= 0.3 is 5.56 Å². The molecule has 0 saturated carbocycles. The normalized spacial score (nSPS) is 22.1. The van der Waals surface area contributed by atoms with Gasteiger partial charge in [0.1, 0.15) is 24.8 Å². The Morgan fingerprint density at radius 1 is 1.19 bits per heavy atom. The summed E-state index contributed by atoms with van der Waals surface area (Å²) in [4.78, 5) is 14.7. The predicted molar refractivity (Wildman–Crippen MR) is 114 cm³/mol. The number of hydrogen-bond acceptors (Lipinski definition) is 8. The van der Waals surface area contributed by atoms with Gasteiger partial charge in [0, 0.05) is 17.6 Å². The summed E-state index contributed by atoms with van der Waals surface area (Å²) in [5, 5.41) is 14.9. The molecule has 1 saturated heterocycles. The lowest BCUT2D eigenvalue weighted by molar-refractivity contribution is -0.0433. The maximum atomic E-state index is 13.0. The number of aliphatic hydroxyl groups is 1. The van der Waals surface area contributed by atoms with Crippen LogP contribution < -0.4 is 24.7 Å². The van der Waals surface area contributed by atoms with Crippen molar-refractivity contribution in [2.45, 2.75) is 38.1 Å². The predicted octanol–water partition coefficient (Wildman–Crippen LogP) is 2.71. The average Bonchev–Trinajstić information content (AvgIpc) is 2.79. The Bertz CT molecular complexity index is 1070. The zero-order chi connectivity index (χ0) is 21.4. The maximum Gasteiger partial charge on any atom is 0.313 e. The van der Waals surface area contributed by atoms with Crippen LogP contribution in [0.4, 0.5) is 5.69 Å². The van der Waals surface area contributed by atoms with Crippen molar-refractivity contribution in [1.29, 1.82) is 0 Å². The number of ether oxygens (including phenoxy) is 4. The van der Waals surface area contributed by atoms with Crippen LogP contribution in [0.15, 0.2) is 40.1 Å². The molecule has 2 aromatic rings. The fourth-order valence-electron chi connectivity index (χ4n) is 3.98. The fourth-order valence-corrected chi connectivity index (χ4v) is 4.50. The van der Waals surface area contributed by atoms with Crippen LogP contribution in [0.5, 0.6) is 17.2 Å². The first-order valence-corrected chi connectivity index (χ1v) is 11.0. The lowest BCUT2D eigenvalue weighted by atomic mass is 10.1. The molecule has 4 heterocycles. The number of fused-ring (bicyclic) bond motifs is 2. The fraction of sp³-hybridized carbons (Fsp3) is 0.429. The second-order valence-corrected chi connectivity index (χ2v) is 8.42. The van der Waals surface area contributed by atoms with E-state index < -0.39 is 6.23 Å². The van der Waals surface area contributed by atoms with Gasteiger partial charge in [0.05, 0.1) is 6.20 Å². The molecule has 1 aromatic carbocycles. The monoisotopic (exact) mass is 491 g/mol. The second kappa shape index (κ2) is 8.52. The van der Waals surface area contributed by atoms with Crippen molar-refractivity contribution in [1.82, 2.24) is 9.78 Å². The van der Waals surface area contributed by atoms with Gasteiger partial charge in [0.2, 0.25) is 5.75 Å². The highest BCUT2D eigenvalue weighted by molar-refractivity contribution is 9.10. The molecule has 2 unspecified atom stereocenters. The van der Waals surface area contributed by atoms with E-state index in [9.17, 15) is 9.90 Å². The van der Waals surface area contributed by atoms with E-state index in [4.69, 9.17) is 18.9 Å². The molecular weight excluding hydrogens is 470 g/mol. The zero-order valence-corrected chi connectivity index (χ0v) is 18.3. The van der Waals surface area contributed by atoms with Crippen LogP contribution >= 0.6 is 15.9 Å². The third-order valence-electron chi connectivity index (χ3n) is 5.59. The molecule has 0 radical (unpaired) electrons. The number of benzene rings is 1. The van der Waals surface area contributed by atoms with Crippen molar-refractivity contribution in [2.24, 2.45) is 0 Å². The van der Waals surface area contributed by atoms with Gasteiger partial charge in [-0.3, -0.25) is 4.79 Å². The summed E-state index contributed by atoms with van der Waals surface area (Å²) in [6.45, 7) is 1.07. The van der Waals surface area contributed by atoms with Crippen LogP contribution in [-0.2, 0) is 11.2 Å². The van der Waals surface area contributed by atoms with Gasteiger partial charge in [-0.2, -0.15) is 9.78 Å². The van der Waals surface area contributed by atoms with E-state index in [0.717, 1.165) is 29.3 Å². The van der Waals surface area contributed by atoms with Crippen LogP contribution in [0.25, 0.3) is 0 Å². The molecule has 3 aliphatic rings. The zero-order valence-electron chi connectivity index (χ0n) is 16.7. The van der Waals surface area contributed by atoms with Crippen LogP contribution in [0.1, 0.15) is 31.1 Å². The Labute approximate surface area is 186 Å². The number of aromatic nitrogens is 2. The van der Waals surface area contributed by atoms with Gasteiger partial charge in [0.25, 0.3) is 0 Å². The maximum absolute atomic E-state index is 13.0. The first kappa shape index (κ1) is 20.3. The minimum atomic E-state index is -0.880. The molecule has 1 fully saturated rings. The van der Waals surface area contributed by atoms with Crippen LogP contribution in [0.3, 0.4) is 0 Å². The molecular formula is C21H22BrN3O6. The number of aliphatic hydroxyl groups excluding tert-OH is 1. The van der Waals surface area contributed by atoms with Gasteiger partial charge in [-0.15, -0.1) is 0 Å². The Balaban J connectivity index is 1.39. The van der Waals surface area contributed by atoms with Gasteiger partial charge in [-0.1, -0.05) is 15.9 Å². The third-order valence-corrected chi connectivity index (χ3v) is 6.33. The topological polar surface area (TPSA) is 95.3 Å². The molecule has 1 N–H and O–H groups in total. The molecule has 3 aliphatic heterocycles. The highest BCUT2D eigenvalue weighted by Gasteiger charge is 2.31. The van der Waals surface area contributed by atoms with Crippen LogP contribution in [0, 0.1) is 0 Å². The molecule has 31 heavy (non-hydrogen) atoms. The van der Waals surface area contributed by atoms with Gasteiger partial charge in [-0.25, -0.2) is 0 Å². The molecule has 0 spiro atoms. The first-order chi connectivity index (χ1) is 15.1. The number of halogens is 1. The van der Waals surface area contributed by atoms with E-state index in [-0.39, 0.29) is 24.1 Å². The molecule has 2 atom stereocenters. The van der Waals surface area contributed by atoms with E-state index >= 15 is 0 Å². The van der Waals surface area contributed by atoms with Crippen molar-refractivity contribution in [3.63, 3.8) is 0 Å². The highest BCUT2D eigenvalue weighted by Crippen LogP contribution is 2.37. The van der Waals surface area contributed by atoms with E-state index in [1.54, 1.807) is 11.1 Å². The average molecular weight is 492 g/mol. The summed E-state index contributed by atoms with van der Waals surface area (Å²) in [7, 11) is 0. The molecule has 0 bridgehead atoms. The second-order valence-electron chi connectivity index (χ2n) is 7.56. The summed E-state index contributed by atoms with van der Waals surface area (Å²) < 4.78 is 24.5. The number of rotatable bonds is 4. The highest BCUT2D eigenvalue weighted by atomic mass is 79.9. The number of anilines is 1. The van der Waals surface area contributed by atoms with Crippen molar-refractivity contribution in [3.05, 3.63) is 51.2 Å². The Kier molecular flexibility index (Phi) is 5.59. The standard InChI is InChI=1S/C21H22BrN3O6/c22-14-10-17-16(28-7-8-29-17)9-13(14)4-5-24-15-11-23-25(19-3-1-2-6-30-19)21(27)20(15)31-12-18(24)26/h7-11,18-19,26H,1-6,12H2. The minimum Gasteiger partial charge on any atom is -0.481 e.